The zero-order valence-electron chi connectivity index (χ0n) is 17.0. The van der Waals surface area contributed by atoms with Crippen molar-refractivity contribution in [2.75, 3.05) is 32.8 Å². The number of urea groups is 1. The molecule has 1 fully saturated rings. The van der Waals surface area contributed by atoms with Gasteiger partial charge in [0.25, 0.3) is 0 Å². The van der Waals surface area contributed by atoms with Crippen molar-refractivity contribution in [3.8, 4) is 6.07 Å². The average molecular weight is 406 g/mol. The smallest absolute Gasteiger partial charge is 0.315 e. The Morgan fingerprint density at radius 2 is 1.73 bits per heavy atom. The van der Waals surface area contributed by atoms with Crippen molar-refractivity contribution in [2.24, 2.45) is 0 Å². The Labute approximate surface area is 176 Å². The zero-order chi connectivity index (χ0) is 21.3. The highest BCUT2D eigenvalue weighted by atomic mass is 16.5. The lowest BCUT2D eigenvalue weighted by Crippen LogP contribution is -2.46. The topological polar surface area (TPSA) is 94.5 Å². The second kappa shape index (κ2) is 10.4. The van der Waals surface area contributed by atoms with E-state index in [0.717, 1.165) is 11.1 Å². The first kappa shape index (κ1) is 21.3. The molecular formula is C23H26N4O3. The molecular weight excluding hydrogens is 380 g/mol. The number of rotatable bonds is 6. The van der Waals surface area contributed by atoms with Gasteiger partial charge in [0.05, 0.1) is 36.8 Å². The third kappa shape index (κ3) is 5.58. The molecule has 3 rings (SSSR count). The first-order valence-corrected chi connectivity index (χ1v) is 10.0. The van der Waals surface area contributed by atoms with Crippen LogP contribution >= 0.6 is 0 Å². The summed E-state index contributed by atoms with van der Waals surface area (Å²) in [5.74, 6) is -0.467. The summed E-state index contributed by atoms with van der Waals surface area (Å²) in [4.78, 5) is 27.3. The molecule has 2 atom stereocenters. The molecule has 7 nitrogen and oxygen atoms in total. The Morgan fingerprint density at radius 3 is 2.37 bits per heavy atom. The maximum atomic E-state index is 13.1. The summed E-state index contributed by atoms with van der Waals surface area (Å²) in [6.45, 7) is 4.25. The fraction of sp³-hybridized carbons (Fsp3) is 0.348. The summed E-state index contributed by atoms with van der Waals surface area (Å²) in [7, 11) is 0. The predicted molar refractivity (Wildman–Crippen MR) is 113 cm³/mol. The van der Waals surface area contributed by atoms with Gasteiger partial charge in [-0.2, -0.15) is 5.26 Å². The van der Waals surface area contributed by atoms with E-state index in [2.05, 4.69) is 16.7 Å². The lowest BCUT2D eigenvalue weighted by molar-refractivity contribution is -0.136. The lowest BCUT2D eigenvalue weighted by Gasteiger charge is -2.30. The van der Waals surface area contributed by atoms with E-state index < -0.39 is 5.92 Å². The Kier molecular flexibility index (Phi) is 7.41. The minimum absolute atomic E-state index is 0.00931. The highest BCUT2D eigenvalue weighted by molar-refractivity contribution is 5.85. The molecule has 156 valence electrons. The molecule has 2 unspecified atom stereocenters. The third-order valence-corrected chi connectivity index (χ3v) is 5.18. The summed E-state index contributed by atoms with van der Waals surface area (Å²) in [6.07, 6.45) is 0. The van der Waals surface area contributed by atoms with Crippen LogP contribution in [-0.4, -0.2) is 49.7 Å². The minimum Gasteiger partial charge on any atom is -0.378 e. The molecule has 2 aromatic carbocycles. The fourth-order valence-electron chi connectivity index (χ4n) is 3.41. The lowest BCUT2D eigenvalue weighted by atomic mass is 9.97. The van der Waals surface area contributed by atoms with Crippen molar-refractivity contribution in [1.29, 1.82) is 5.26 Å². The standard InChI is InChI=1S/C23H26N4O3/c1-17(19-9-7-18(15-24)8-10-19)26-23(29)25-16-21(20-5-3-2-4-6-20)22(28)27-11-13-30-14-12-27/h2-10,17,21H,11-14,16H2,1H3,(H2,25,26,29). The Hall–Kier alpha value is -3.37. The average Bonchev–Trinajstić information content (AvgIpc) is 2.80. The number of benzene rings is 2. The summed E-state index contributed by atoms with van der Waals surface area (Å²) in [5, 5.41) is 14.6. The normalized spacial score (nSPS) is 15.5. The van der Waals surface area contributed by atoms with E-state index in [1.165, 1.54) is 0 Å². The van der Waals surface area contributed by atoms with Gasteiger partial charge in [0.2, 0.25) is 5.91 Å². The summed E-state index contributed by atoms with van der Waals surface area (Å²) in [6, 6.07) is 18.1. The summed E-state index contributed by atoms with van der Waals surface area (Å²) in [5.41, 5.74) is 2.34. The molecule has 1 aliphatic heterocycles. The van der Waals surface area contributed by atoms with Gasteiger partial charge < -0.3 is 20.3 Å². The fourth-order valence-corrected chi connectivity index (χ4v) is 3.41. The highest BCUT2D eigenvalue weighted by Gasteiger charge is 2.27. The van der Waals surface area contributed by atoms with Crippen molar-refractivity contribution in [1.82, 2.24) is 15.5 Å². The number of carbonyl (C=O) groups excluding carboxylic acids is 2. The molecule has 30 heavy (non-hydrogen) atoms. The molecule has 1 saturated heterocycles. The van der Waals surface area contributed by atoms with Gasteiger partial charge in [0, 0.05) is 19.6 Å². The Morgan fingerprint density at radius 1 is 1.07 bits per heavy atom. The number of nitriles is 1. The van der Waals surface area contributed by atoms with E-state index in [1.54, 1.807) is 17.0 Å². The van der Waals surface area contributed by atoms with Gasteiger partial charge in [-0.25, -0.2) is 4.79 Å². The molecule has 0 spiro atoms. The van der Waals surface area contributed by atoms with Crippen LogP contribution in [0.1, 0.15) is 35.6 Å². The van der Waals surface area contributed by atoms with E-state index in [4.69, 9.17) is 10.00 Å². The van der Waals surface area contributed by atoms with Gasteiger partial charge in [-0.3, -0.25) is 4.79 Å². The minimum atomic E-state index is -0.458. The predicted octanol–water partition coefficient (Wildman–Crippen LogP) is 2.56. The SMILES string of the molecule is CC(NC(=O)NCC(C(=O)N1CCOCC1)c1ccccc1)c1ccc(C#N)cc1. The zero-order valence-corrected chi connectivity index (χ0v) is 17.0. The van der Waals surface area contributed by atoms with Crippen molar-refractivity contribution >= 4 is 11.9 Å². The molecule has 3 amide bonds. The van der Waals surface area contributed by atoms with Crippen molar-refractivity contribution in [3.05, 3.63) is 71.3 Å². The number of carbonyl (C=O) groups is 2. The van der Waals surface area contributed by atoms with Crippen molar-refractivity contribution < 1.29 is 14.3 Å². The van der Waals surface area contributed by atoms with Gasteiger partial charge in [-0.1, -0.05) is 42.5 Å². The van der Waals surface area contributed by atoms with Gasteiger partial charge >= 0.3 is 6.03 Å². The molecule has 1 aliphatic rings. The Balaban J connectivity index is 1.62. The summed E-state index contributed by atoms with van der Waals surface area (Å²) < 4.78 is 5.34. The van der Waals surface area contributed by atoms with Crippen LogP contribution in [0, 0.1) is 11.3 Å². The molecule has 0 radical (unpaired) electrons. The van der Waals surface area contributed by atoms with Gasteiger partial charge in [0.15, 0.2) is 0 Å². The number of nitrogens with one attached hydrogen (secondary N) is 2. The molecule has 0 aromatic heterocycles. The second-order valence-corrected chi connectivity index (χ2v) is 7.21. The van der Waals surface area contributed by atoms with Gasteiger partial charge in [0.1, 0.15) is 0 Å². The number of amides is 3. The monoisotopic (exact) mass is 406 g/mol. The number of hydrogen-bond donors (Lipinski definition) is 2. The number of hydrogen-bond acceptors (Lipinski definition) is 4. The van der Waals surface area contributed by atoms with Crippen LogP contribution in [0.2, 0.25) is 0 Å². The number of morpholine rings is 1. The van der Waals surface area contributed by atoms with E-state index >= 15 is 0 Å². The molecule has 2 N–H and O–H groups in total. The largest absolute Gasteiger partial charge is 0.378 e. The molecule has 2 aromatic rings. The van der Waals surface area contributed by atoms with Crippen LogP contribution in [0.3, 0.4) is 0 Å². The molecule has 0 bridgehead atoms. The first-order chi connectivity index (χ1) is 14.6. The first-order valence-electron chi connectivity index (χ1n) is 10.0. The van der Waals surface area contributed by atoms with Crippen LogP contribution in [0.5, 0.6) is 0 Å². The van der Waals surface area contributed by atoms with E-state index in [-0.39, 0.29) is 24.5 Å². The number of nitrogens with zero attached hydrogens (tertiary/aromatic N) is 2. The maximum Gasteiger partial charge on any atom is 0.315 e. The van der Waals surface area contributed by atoms with Crippen molar-refractivity contribution in [3.63, 3.8) is 0 Å². The van der Waals surface area contributed by atoms with Crippen LogP contribution in [0.25, 0.3) is 0 Å². The van der Waals surface area contributed by atoms with E-state index in [1.807, 2.05) is 49.4 Å². The molecule has 1 heterocycles. The van der Waals surface area contributed by atoms with E-state index in [0.29, 0.717) is 31.9 Å². The van der Waals surface area contributed by atoms with Crippen LogP contribution < -0.4 is 10.6 Å². The highest BCUT2D eigenvalue weighted by Crippen LogP contribution is 2.19. The van der Waals surface area contributed by atoms with Crippen molar-refractivity contribution in [2.45, 2.75) is 18.9 Å². The van der Waals surface area contributed by atoms with Crippen LogP contribution in [-0.2, 0) is 9.53 Å². The summed E-state index contributed by atoms with van der Waals surface area (Å²) >= 11 is 0. The van der Waals surface area contributed by atoms with Crippen LogP contribution in [0.15, 0.2) is 54.6 Å². The number of ether oxygens (including phenoxy) is 1. The third-order valence-electron chi connectivity index (χ3n) is 5.18. The molecule has 7 heteroatoms. The van der Waals surface area contributed by atoms with Gasteiger partial charge in [-0.15, -0.1) is 0 Å². The van der Waals surface area contributed by atoms with E-state index in [9.17, 15) is 9.59 Å². The molecule has 0 saturated carbocycles. The maximum absolute atomic E-state index is 13.1. The quantitative estimate of drug-likeness (QED) is 0.771. The van der Waals surface area contributed by atoms with Gasteiger partial charge in [-0.05, 0) is 30.2 Å². The van der Waals surface area contributed by atoms with Crippen LogP contribution in [0.4, 0.5) is 4.79 Å². The second-order valence-electron chi connectivity index (χ2n) is 7.21. The Bertz CT molecular complexity index is 887. The molecule has 0 aliphatic carbocycles.